The largest absolute Gasteiger partial charge is 0.469 e. The second kappa shape index (κ2) is 6.87. The van der Waals surface area contributed by atoms with E-state index in [0.717, 1.165) is 11.4 Å². The molecule has 1 aromatic carbocycles. The van der Waals surface area contributed by atoms with Gasteiger partial charge in [0.25, 0.3) is 0 Å². The number of furan rings is 1. The highest BCUT2D eigenvalue weighted by atomic mass is 35.5. The molecule has 0 saturated carbocycles. The summed E-state index contributed by atoms with van der Waals surface area (Å²) in [6.07, 6.45) is 2.73. The summed E-state index contributed by atoms with van der Waals surface area (Å²) in [5.41, 5.74) is 0.769. The van der Waals surface area contributed by atoms with Gasteiger partial charge in [0.2, 0.25) is 11.8 Å². The molecule has 1 aliphatic rings. The second-order valence-electron chi connectivity index (χ2n) is 5.43. The summed E-state index contributed by atoms with van der Waals surface area (Å²) in [7, 11) is 0. The molecule has 0 spiro atoms. The second-order valence-corrected chi connectivity index (χ2v) is 5.86. The summed E-state index contributed by atoms with van der Waals surface area (Å²) in [6, 6.07) is 10.7. The van der Waals surface area contributed by atoms with Crippen LogP contribution in [0.1, 0.15) is 12.2 Å². The average Bonchev–Trinajstić information content (AvgIpc) is 3.18. The molecule has 0 bridgehead atoms. The van der Waals surface area contributed by atoms with Crippen molar-refractivity contribution in [3.8, 4) is 0 Å². The average molecular weight is 333 g/mol. The molecule has 1 N–H and O–H groups in total. The maximum Gasteiger partial charge on any atom is 0.239 e. The van der Waals surface area contributed by atoms with Crippen LogP contribution in [-0.4, -0.2) is 24.9 Å². The van der Waals surface area contributed by atoms with Crippen LogP contribution in [0, 0.1) is 5.92 Å². The van der Waals surface area contributed by atoms with Crippen molar-refractivity contribution < 1.29 is 14.0 Å². The minimum Gasteiger partial charge on any atom is -0.469 e. The van der Waals surface area contributed by atoms with Crippen LogP contribution in [0.4, 0.5) is 5.69 Å². The Kier molecular flexibility index (Phi) is 4.67. The molecule has 1 aliphatic heterocycles. The number of carbonyl (C=O) groups is 2. The van der Waals surface area contributed by atoms with E-state index >= 15 is 0 Å². The third-order valence-corrected chi connectivity index (χ3v) is 4.16. The summed E-state index contributed by atoms with van der Waals surface area (Å²) in [4.78, 5) is 26.3. The molecule has 1 saturated heterocycles. The smallest absolute Gasteiger partial charge is 0.239 e. The van der Waals surface area contributed by atoms with Gasteiger partial charge in [0.05, 0.1) is 6.26 Å². The molecule has 120 valence electrons. The minimum absolute atomic E-state index is 0.164. The van der Waals surface area contributed by atoms with Crippen molar-refractivity contribution in [3.05, 3.63) is 53.4 Å². The molecule has 3 rings (SSSR count). The first kappa shape index (κ1) is 15.6. The van der Waals surface area contributed by atoms with Crippen molar-refractivity contribution in [2.75, 3.05) is 18.0 Å². The molecule has 1 aromatic heterocycles. The van der Waals surface area contributed by atoms with Gasteiger partial charge in [-0.25, -0.2) is 0 Å². The number of hydrogen-bond acceptors (Lipinski definition) is 3. The topological polar surface area (TPSA) is 62.6 Å². The number of anilines is 1. The fraction of sp³-hybridized carbons (Fsp3) is 0.294. The Morgan fingerprint density at radius 2 is 2.09 bits per heavy atom. The number of nitrogens with zero attached hydrogens (tertiary/aromatic N) is 1. The molecular weight excluding hydrogens is 316 g/mol. The van der Waals surface area contributed by atoms with Gasteiger partial charge in [0, 0.05) is 30.2 Å². The summed E-state index contributed by atoms with van der Waals surface area (Å²) in [6.45, 7) is 0.994. The zero-order valence-electron chi connectivity index (χ0n) is 12.5. The first-order valence-electron chi connectivity index (χ1n) is 7.52. The van der Waals surface area contributed by atoms with Crippen LogP contribution in [0.2, 0.25) is 5.02 Å². The molecule has 6 heteroatoms. The first-order valence-corrected chi connectivity index (χ1v) is 7.90. The van der Waals surface area contributed by atoms with E-state index in [1.165, 1.54) is 0 Å². The fourth-order valence-corrected chi connectivity index (χ4v) is 2.81. The highest BCUT2D eigenvalue weighted by molar-refractivity contribution is 6.30. The standard InChI is InChI=1S/C17H17ClN2O3/c18-12-3-5-13(6-4-12)20-10-8-15(17(20)22)16(21)19-9-7-14-2-1-11-23-14/h1-6,11,15H,7-10H2,(H,19,21)/t15-/m1/s1. The van der Waals surface area contributed by atoms with E-state index in [9.17, 15) is 9.59 Å². The molecule has 1 fully saturated rings. The molecule has 5 nitrogen and oxygen atoms in total. The van der Waals surface area contributed by atoms with Gasteiger partial charge in [-0.3, -0.25) is 9.59 Å². The van der Waals surface area contributed by atoms with Crippen molar-refractivity contribution in [2.45, 2.75) is 12.8 Å². The van der Waals surface area contributed by atoms with Gasteiger partial charge in [0.1, 0.15) is 11.7 Å². The Morgan fingerprint density at radius 3 is 2.78 bits per heavy atom. The zero-order valence-corrected chi connectivity index (χ0v) is 13.3. The first-order chi connectivity index (χ1) is 11.1. The van der Waals surface area contributed by atoms with E-state index in [0.29, 0.717) is 31.0 Å². The number of benzene rings is 1. The van der Waals surface area contributed by atoms with E-state index in [1.54, 1.807) is 35.4 Å². The van der Waals surface area contributed by atoms with Gasteiger partial charge in [-0.15, -0.1) is 0 Å². The van der Waals surface area contributed by atoms with Crippen LogP contribution in [0.5, 0.6) is 0 Å². The molecule has 2 amide bonds. The maximum atomic E-state index is 12.4. The minimum atomic E-state index is -0.623. The predicted octanol–water partition coefficient (Wildman–Crippen LogP) is 2.64. The molecule has 23 heavy (non-hydrogen) atoms. The Labute approximate surface area is 139 Å². The SMILES string of the molecule is O=C(NCCc1ccco1)[C@H]1CCN(c2ccc(Cl)cc2)C1=O. The van der Waals surface area contributed by atoms with Crippen LogP contribution in [0.3, 0.4) is 0 Å². The Hall–Kier alpha value is -2.27. The maximum absolute atomic E-state index is 12.4. The van der Waals surface area contributed by atoms with Gasteiger partial charge in [-0.05, 0) is 42.8 Å². The van der Waals surface area contributed by atoms with Gasteiger partial charge >= 0.3 is 0 Å². The third-order valence-electron chi connectivity index (χ3n) is 3.91. The zero-order chi connectivity index (χ0) is 16.2. The van der Waals surface area contributed by atoms with Crippen LogP contribution in [-0.2, 0) is 16.0 Å². The van der Waals surface area contributed by atoms with E-state index in [2.05, 4.69) is 5.32 Å². The highest BCUT2D eigenvalue weighted by Crippen LogP contribution is 2.26. The summed E-state index contributed by atoms with van der Waals surface area (Å²) < 4.78 is 5.21. The molecule has 1 atom stereocenters. The van der Waals surface area contributed by atoms with Gasteiger partial charge in [-0.2, -0.15) is 0 Å². The molecule has 2 aromatic rings. The number of hydrogen-bond donors (Lipinski definition) is 1. The van der Waals surface area contributed by atoms with Crippen LogP contribution >= 0.6 is 11.6 Å². The van der Waals surface area contributed by atoms with Gasteiger partial charge < -0.3 is 14.6 Å². The monoisotopic (exact) mass is 332 g/mol. The van der Waals surface area contributed by atoms with Crippen molar-refractivity contribution in [1.82, 2.24) is 5.32 Å². The Bertz CT molecular complexity index is 682. The van der Waals surface area contributed by atoms with Crippen molar-refractivity contribution in [1.29, 1.82) is 0 Å². The summed E-state index contributed by atoms with van der Waals surface area (Å²) in [5, 5.41) is 3.43. The third kappa shape index (κ3) is 3.56. The van der Waals surface area contributed by atoms with E-state index < -0.39 is 5.92 Å². The van der Waals surface area contributed by atoms with Gasteiger partial charge in [-0.1, -0.05) is 11.6 Å². The number of amides is 2. The van der Waals surface area contributed by atoms with Crippen LogP contribution in [0.25, 0.3) is 0 Å². The highest BCUT2D eigenvalue weighted by Gasteiger charge is 2.37. The molecule has 0 unspecified atom stereocenters. The lowest BCUT2D eigenvalue weighted by Gasteiger charge is -2.16. The fourth-order valence-electron chi connectivity index (χ4n) is 2.69. The van der Waals surface area contributed by atoms with E-state index in [1.807, 2.05) is 12.1 Å². The molecule has 0 aliphatic carbocycles. The van der Waals surface area contributed by atoms with Crippen molar-refractivity contribution in [2.24, 2.45) is 5.92 Å². The molecule has 2 heterocycles. The Balaban J connectivity index is 1.55. The predicted molar refractivity (Wildman–Crippen MR) is 87.3 cm³/mol. The lowest BCUT2D eigenvalue weighted by Crippen LogP contribution is -2.37. The quantitative estimate of drug-likeness (QED) is 0.856. The van der Waals surface area contributed by atoms with E-state index in [4.69, 9.17) is 16.0 Å². The van der Waals surface area contributed by atoms with Crippen molar-refractivity contribution in [3.63, 3.8) is 0 Å². The number of rotatable bonds is 5. The normalized spacial score (nSPS) is 17.5. The number of nitrogens with one attached hydrogen (secondary N) is 1. The Morgan fingerprint density at radius 1 is 1.30 bits per heavy atom. The molecular formula is C17H17ClN2O3. The number of halogens is 1. The van der Waals surface area contributed by atoms with Crippen LogP contribution < -0.4 is 10.2 Å². The lowest BCUT2D eigenvalue weighted by atomic mass is 10.1. The van der Waals surface area contributed by atoms with E-state index in [-0.39, 0.29) is 11.8 Å². The van der Waals surface area contributed by atoms with Gasteiger partial charge in [0.15, 0.2) is 0 Å². The number of carbonyl (C=O) groups excluding carboxylic acids is 2. The van der Waals surface area contributed by atoms with Crippen molar-refractivity contribution >= 4 is 29.1 Å². The summed E-state index contributed by atoms with van der Waals surface area (Å²) in [5.74, 6) is -0.200. The van der Waals surface area contributed by atoms with Crippen LogP contribution in [0.15, 0.2) is 47.1 Å². The molecule has 0 radical (unpaired) electrons. The lowest BCUT2D eigenvalue weighted by molar-refractivity contribution is -0.132. The summed E-state index contributed by atoms with van der Waals surface area (Å²) >= 11 is 5.86.